The van der Waals surface area contributed by atoms with Crippen molar-refractivity contribution in [3.05, 3.63) is 82.2 Å². The van der Waals surface area contributed by atoms with Crippen molar-refractivity contribution in [3.8, 4) is 0 Å². The molecule has 1 N–H and O–H groups in total. The molecule has 0 radical (unpaired) electrons. The molecule has 0 spiro atoms. The van der Waals surface area contributed by atoms with Gasteiger partial charge in [-0.15, -0.1) is 0 Å². The van der Waals surface area contributed by atoms with E-state index in [4.69, 9.17) is 4.42 Å². The molecule has 6 nitrogen and oxygen atoms in total. The number of carbonyl (C=O) groups is 3. The molecular formula is C23H15F3N2O4S2. The largest absolute Gasteiger partial charge is 0.450 e. The lowest BCUT2D eigenvalue weighted by atomic mass is 10.2. The van der Waals surface area contributed by atoms with Crippen LogP contribution in [0.3, 0.4) is 0 Å². The van der Waals surface area contributed by atoms with Gasteiger partial charge in [-0.25, -0.2) is 13.2 Å². The number of hydrogen-bond acceptors (Lipinski definition) is 6. The third kappa shape index (κ3) is 5.20. The van der Waals surface area contributed by atoms with Crippen LogP contribution in [-0.4, -0.2) is 28.5 Å². The van der Waals surface area contributed by atoms with E-state index in [1.165, 1.54) is 17.8 Å². The summed E-state index contributed by atoms with van der Waals surface area (Å²) >= 11 is 2.01. The molecule has 0 aliphatic carbocycles. The van der Waals surface area contributed by atoms with Crippen LogP contribution in [0.4, 0.5) is 23.7 Å². The Kier molecular flexibility index (Phi) is 6.85. The lowest BCUT2D eigenvalue weighted by Crippen LogP contribution is -2.36. The number of hydrogen-bond donors (Lipinski definition) is 1. The number of nitrogens with zero attached hydrogens (tertiary/aromatic N) is 1. The predicted octanol–water partition coefficient (Wildman–Crippen LogP) is 5.83. The maximum atomic E-state index is 13.7. The Hall–Kier alpha value is -3.44. The summed E-state index contributed by atoms with van der Waals surface area (Å²) in [5.74, 6) is -6.09. The molecule has 1 aromatic heterocycles. The number of rotatable bonds is 6. The fourth-order valence-electron chi connectivity index (χ4n) is 2.91. The van der Waals surface area contributed by atoms with E-state index in [2.05, 4.69) is 0 Å². The average molecular weight is 505 g/mol. The zero-order chi connectivity index (χ0) is 24.4. The van der Waals surface area contributed by atoms with Crippen LogP contribution in [-0.2, 0) is 9.59 Å². The lowest BCUT2D eigenvalue weighted by Gasteiger charge is -2.13. The van der Waals surface area contributed by atoms with Gasteiger partial charge >= 0.3 is 0 Å². The number of benzene rings is 2. The van der Waals surface area contributed by atoms with Crippen LogP contribution in [0, 0.1) is 24.4 Å². The highest BCUT2D eigenvalue weighted by Gasteiger charge is 2.36. The van der Waals surface area contributed by atoms with E-state index >= 15 is 0 Å². The van der Waals surface area contributed by atoms with Gasteiger partial charge < -0.3 is 9.73 Å². The zero-order valence-corrected chi connectivity index (χ0v) is 19.1. The van der Waals surface area contributed by atoms with Gasteiger partial charge in [0, 0.05) is 11.0 Å². The van der Waals surface area contributed by atoms with Crippen molar-refractivity contribution in [1.29, 1.82) is 0 Å². The van der Waals surface area contributed by atoms with Gasteiger partial charge in [0.25, 0.3) is 11.1 Å². The Morgan fingerprint density at radius 3 is 2.53 bits per heavy atom. The van der Waals surface area contributed by atoms with Crippen molar-refractivity contribution >= 4 is 52.3 Å². The van der Waals surface area contributed by atoms with Crippen molar-refractivity contribution in [1.82, 2.24) is 4.90 Å². The molecule has 174 valence electrons. The van der Waals surface area contributed by atoms with Crippen LogP contribution < -0.4 is 5.32 Å². The number of carbonyl (C=O) groups excluding carboxylic acids is 3. The van der Waals surface area contributed by atoms with Crippen molar-refractivity contribution in [2.24, 2.45) is 0 Å². The first kappa shape index (κ1) is 23.7. The van der Waals surface area contributed by atoms with Gasteiger partial charge in [-0.3, -0.25) is 19.3 Å². The van der Waals surface area contributed by atoms with E-state index < -0.39 is 46.7 Å². The summed E-state index contributed by atoms with van der Waals surface area (Å²) in [6.45, 7) is 1.25. The topological polar surface area (TPSA) is 79.6 Å². The van der Waals surface area contributed by atoms with Gasteiger partial charge in [0.1, 0.15) is 12.3 Å². The molecule has 1 aliphatic heterocycles. The summed E-state index contributed by atoms with van der Waals surface area (Å²) in [7, 11) is 0. The van der Waals surface area contributed by atoms with Gasteiger partial charge in [0.2, 0.25) is 5.91 Å². The van der Waals surface area contributed by atoms with Gasteiger partial charge in [0.15, 0.2) is 22.5 Å². The summed E-state index contributed by atoms with van der Waals surface area (Å²) in [6, 6.07) is 12.7. The van der Waals surface area contributed by atoms with E-state index in [0.717, 1.165) is 16.5 Å². The maximum absolute atomic E-state index is 13.7. The first-order valence-electron chi connectivity index (χ1n) is 9.74. The van der Waals surface area contributed by atoms with Crippen LogP contribution in [0.15, 0.2) is 67.8 Å². The van der Waals surface area contributed by atoms with E-state index in [9.17, 15) is 27.6 Å². The van der Waals surface area contributed by atoms with Crippen LogP contribution in [0.5, 0.6) is 0 Å². The smallest absolute Gasteiger partial charge is 0.294 e. The summed E-state index contributed by atoms with van der Waals surface area (Å²) in [5, 5.41) is 1.90. The van der Waals surface area contributed by atoms with Crippen LogP contribution >= 0.6 is 23.5 Å². The number of furan rings is 1. The molecule has 3 aromatic rings. The number of anilines is 1. The number of imide groups is 1. The minimum atomic E-state index is -1.75. The van der Waals surface area contributed by atoms with Crippen molar-refractivity contribution in [3.63, 3.8) is 0 Å². The highest BCUT2D eigenvalue weighted by atomic mass is 32.2. The Balaban J connectivity index is 1.41. The minimum Gasteiger partial charge on any atom is -0.450 e. The van der Waals surface area contributed by atoms with Crippen LogP contribution in [0.1, 0.15) is 11.3 Å². The molecule has 0 unspecified atom stereocenters. The normalized spacial score (nSPS) is 14.8. The van der Waals surface area contributed by atoms with E-state index in [-0.39, 0.29) is 4.91 Å². The second-order valence-electron chi connectivity index (χ2n) is 7.11. The fraction of sp³-hybridized carbons (Fsp3) is 0.0870. The van der Waals surface area contributed by atoms with E-state index in [0.29, 0.717) is 33.6 Å². The van der Waals surface area contributed by atoms with Crippen molar-refractivity contribution < 1.29 is 32.0 Å². The third-order valence-electron chi connectivity index (χ3n) is 4.60. The zero-order valence-electron chi connectivity index (χ0n) is 17.4. The molecule has 0 saturated carbocycles. The lowest BCUT2D eigenvalue weighted by molar-refractivity contribution is -0.127. The Bertz CT molecular complexity index is 1320. The molecule has 2 aromatic carbocycles. The Labute approximate surface area is 200 Å². The van der Waals surface area contributed by atoms with Gasteiger partial charge in [-0.05, 0) is 55.1 Å². The van der Waals surface area contributed by atoms with Gasteiger partial charge in [-0.1, -0.05) is 29.5 Å². The highest BCUT2D eigenvalue weighted by Crippen LogP contribution is 2.34. The first-order valence-corrected chi connectivity index (χ1v) is 11.4. The standard InChI is InChI=1S/C23H15F3N2O4S2/c1-12-2-5-14(6-3-12)33-19-9-4-13(32-19)10-17-22(30)28(23(31)34-17)11-18(29)27-16-8-7-15(24)20(25)21(16)26/h2-10H,11H2,1H3,(H,27,29)/b17-10-. The average Bonchev–Trinajstić information content (AvgIpc) is 3.35. The summed E-state index contributed by atoms with van der Waals surface area (Å²) in [5.41, 5.74) is 0.518. The molecule has 11 heteroatoms. The van der Waals surface area contributed by atoms with Crippen LogP contribution in [0.25, 0.3) is 6.08 Å². The van der Waals surface area contributed by atoms with Gasteiger partial charge in [0.05, 0.1) is 10.6 Å². The van der Waals surface area contributed by atoms with Gasteiger partial charge in [-0.2, -0.15) is 0 Å². The van der Waals surface area contributed by atoms with Crippen LogP contribution in [0.2, 0.25) is 0 Å². The second-order valence-corrected chi connectivity index (χ2v) is 9.18. The number of aryl methyl sites for hydroxylation is 1. The quantitative estimate of drug-likeness (QED) is 0.336. The molecule has 1 aliphatic rings. The number of amides is 3. The summed E-state index contributed by atoms with van der Waals surface area (Å²) in [4.78, 5) is 38.7. The molecular weight excluding hydrogens is 489 g/mol. The molecule has 2 heterocycles. The third-order valence-corrected chi connectivity index (χ3v) is 6.44. The van der Waals surface area contributed by atoms with E-state index in [1.54, 1.807) is 12.1 Å². The highest BCUT2D eigenvalue weighted by molar-refractivity contribution is 8.18. The Morgan fingerprint density at radius 1 is 1.06 bits per heavy atom. The van der Waals surface area contributed by atoms with Crippen molar-refractivity contribution in [2.75, 3.05) is 11.9 Å². The summed E-state index contributed by atoms with van der Waals surface area (Å²) in [6.07, 6.45) is 1.39. The molecule has 34 heavy (non-hydrogen) atoms. The maximum Gasteiger partial charge on any atom is 0.294 e. The number of halogens is 3. The summed E-state index contributed by atoms with van der Waals surface area (Å²) < 4.78 is 45.8. The van der Waals surface area contributed by atoms with E-state index in [1.807, 2.05) is 36.5 Å². The number of thioether (sulfide) groups is 1. The second kappa shape index (κ2) is 9.82. The molecule has 0 bridgehead atoms. The minimum absolute atomic E-state index is 0.0399. The Morgan fingerprint density at radius 2 is 1.79 bits per heavy atom. The molecule has 1 saturated heterocycles. The van der Waals surface area contributed by atoms with Crippen molar-refractivity contribution in [2.45, 2.75) is 16.9 Å². The molecule has 4 rings (SSSR count). The molecule has 3 amide bonds. The predicted molar refractivity (Wildman–Crippen MR) is 122 cm³/mol. The first-order chi connectivity index (χ1) is 16.2. The monoisotopic (exact) mass is 504 g/mol. The number of nitrogens with one attached hydrogen (secondary N) is 1. The fourth-order valence-corrected chi connectivity index (χ4v) is 4.51. The molecule has 1 fully saturated rings. The molecule has 0 atom stereocenters. The SMILES string of the molecule is Cc1ccc(Sc2ccc(/C=C3\SC(=O)N(CC(=O)Nc4ccc(F)c(F)c4F)C3=O)o2)cc1.